The van der Waals surface area contributed by atoms with Gasteiger partial charge in [-0.3, -0.25) is 0 Å². The number of hydrogen-bond donors (Lipinski definition) is 1. The van der Waals surface area contributed by atoms with E-state index < -0.39 is 10.0 Å². The number of sulfonamides is 1. The summed E-state index contributed by atoms with van der Waals surface area (Å²) in [4.78, 5) is 0.398. The third-order valence-corrected chi connectivity index (χ3v) is 5.55. The minimum absolute atomic E-state index is 0.0251. The van der Waals surface area contributed by atoms with Crippen LogP contribution in [0.5, 0.6) is 0 Å². The van der Waals surface area contributed by atoms with Crippen LogP contribution in [0.3, 0.4) is 0 Å². The van der Waals surface area contributed by atoms with Crippen molar-refractivity contribution in [2.24, 2.45) is 5.92 Å². The largest absolute Gasteiger partial charge is 0.241 e. The zero-order valence-corrected chi connectivity index (χ0v) is 11.8. The van der Waals surface area contributed by atoms with Crippen molar-refractivity contribution < 1.29 is 8.42 Å². The quantitative estimate of drug-likeness (QED) is 0.911. The summed E-state index contributed by atoms with van der Waals surface area (Å²) in [6.45, 7) is 3.81. The lowest BCUT2D eigenvalue weighted by Crippen LogP contribution is -2.37. The van der Waals surface area contributed by atoms with E-state index in [0.717, 1.165) is 18.4 Å². The van der Waals surface area contributed by atoms with Crippen molar-refractivity contribution in [1.82, 2.24) is 4.72 Å². The molecule has 3 nitrogen and oxygen atoms in total. The van der Waals surface area contributed by atoms with E-state index in [9.17, 15) is 8.42 Å². The van der Waals surface area contributed by atoms with Gasteiger partial charge in [0.2, 0.25) is 10.0 Å². The zero-order valence-electron chi connectivity index (χ0n) is 11.0. The monoisotopic (exact) mass is 267 g/mol. The zero-order chi connectivity index (χ0) is 13.2. The average Bonchev–Trinajstić information content (AvgIpc) is 2.82. The van der Waals surface area contributed by atoms with Crippen molar-refractivity contribution in [3.05, 3.63) is 29.8 Å². The molecule has 1 atom stereocenters. The summed E-state index contributed by atoms with van der Waals surface area (Å²) in [6, 6.07) is 7.14. The topological polar surface area (TPSA) is 46.2 Å². The fourth-order valence-electron chi connectivity index (χ4n) is 2.72. The third-order valence-electron chi connectivity index (χ3n) is 3.83. The van der Waals surface area contributed by atoms with E-state index in [-0.39, 0.29) is 6.04 Å². The highest BCUT2D eigenvalue weighted by Crippen LogP contribution is 2.28. The fourth-order valence-corrected chi connectivity index (χ4v) is 4.28. The first-order chi connectivity index (χ1) is 8.50. The summed E-state index contributed by atoms with van der Waals surface area (Å²) in [5.41, 5.74) is 0.795. The van der Waals surface area contributed by atoms with Crippen molar-refractivity contribution in [3.8, 4) is 0 Å². The lowest BCUT2D eigenvalue weighted by Gasteiger charge is -2.20. The van der Waals surface area contributed by atoms with Crippen LogP contribution in [-0.4, -0.2) is 14.5 Å². The molecular formula is C14H21NO2S. The van der Waals surface area contributed by atoms with Crippen LogP contribution >= 0.6 is 0 Å². The van der Waals surface area contributed by atoms with E-state index in [2.05, 4.69) is 4.72 Å². The van der Waals surface area contributed by atoms with Crippen molar-refractivity contribution >= 4 is 10.0 Å². The molecule has 0 aromatic heterocycles. The normalized spacial score (nSPS) is 19.0. The van der Waals surface area contributed by atoms with Crippen molar-refractivity contribution in [2.45, 2.75) is 50.5 Å². The van der Waals surface area contributed by atoms with Gasteiger partial charge >= 0.3 is 0 Å². The van der Waals surface area contributed by atoms with Gasteiger partial charge in [0.15, 0.2) is 0 Å². The molecule has 1 N–H and O–H groups in total. The van der Waals surface area contributed by atoms with Crippen LogP contribution in [-0.2, 0) is 10.0 Å². The van der Waals surface area contributed by atoms with Gasteiger partial charge in [0.05, 0.1) is 4.90 Å². The van der Waals surface area contributed by atoms with E-state index in [4.69, 9.17) is 0 Å². The highest BCUT2D eigenvalue weighted by atomic mass is 32.2. The first-order valence-corrected chi connectivity index (χ1v) is 8.07. The molecule has 0 bridgehead atoms. The molecule has 1 aromatic rings. The van der Waals surface area contributed by atoms with E-state index >= 15 is 0 Å². The Kier molecular flexibility index (Phi) is 4.07. The summed E-state index contributed by atoms with van der Waals surface area (Å²) >= 11 is 0. The standard InChI is InChI=1S/C14H21NO2S/c1-11-7-3-6-10-14(11)18(16,17)15-12(2)13-8-4-5-9-13/h3,6-7,10,12-13,15H,4-5,8-9H2,1-2H3/t12-/m0/s1. The van der Waals surface area contributed by atoms with Crippen LogP contribution in [0.4, 0.5) is 0 Å². The molecule has 0 spiro atoms. The van der Waals surface area contributed by atoms with Gasteiger partial charge in [0.25, 0.3) is 0 Å². The number of rotatable bonds is 4. The molecule has 2 rings (SSSR count). The van der Waals surface area contributed by atoms with Gasteiger partial charge in [0, 0.05) is 6.04 Å². The Morgan fingerprint density at radius 3 is 2.44 bits per heavy atom. The molecule has 0 saturated heterocycles. The van der Waals surface area contributed by atoms with Gasteiger partial charge in [-0.15, -0.1) is 0 Å². The summed E-state index contributed by atoms with van der Waals surface area (Å²) in [6.07, 6.45) is 4.72. The van der Waals surface area contributed by atoms with Crippen molar-refractivity contribution in [2.75, 3.05) is 0 Å². The summed E-state index contributed by atoms with van der Waals surface area (Å²) in [5.74, 6) is 0.490. The van der Waals surface area contributed by atoms with Gasteiger partial charge in [-0.05, 0) is 44.2 Å². The molecule has 1 saturated carbocycles. The number of aryl methyl sites for hydroxylation is 1. The Morgan fingerprint density at radius 1 is 1.22 bits per heavy atom. The second kappa shape index (κ2) is 5.41. The fraction of sp³-hybridized carbons (Fsp3) is 0.571. The Hall–Kier alpha value is -0.870. The second-order valence-corrected chi connectivity index (χ2v) is 6.90. The molecule has 0 heterocycles. The smallest absolute Gasteiger partial charge is 0.208 e. The molecule has 1 aliphatic carbocycles. The molecular weight excluding hydrogens is 246 g/mol. The predicted octanol–water partition coefficient (Wildman–Crippen LogP) is 2.85. The van der Waals surface area contributed by atoms with Crippen LogP contribution in [0.1, 0.15) is 38.2 Å². The number of hydrogen-bond acceptors (Lipinski definition) is 2. The minimum Gasteiger partial charge on any atom is -0.208 e. The first-order valence-electron chi connectivity index (χ1n) is 6.58. The van der Waals surface area contributed by atoms with Gasteiger partial charge < -0.3 is 0 Å². The van der Waals surface area contributed by atoms with Gasteiger partial charge in [0.1, 0.15) is 0 Å². The number of nitrogens with one attached hydrogen (secondary N) is 1. The SMILES string of the molecule is Cc1ccccc1S(=O)(=O)N[C@@H](C)C1CCCC1. The Bertz CT molecular complexity index is 504. The molecule has 18 heavy (non-hydrogen) atoms. The van der Waals surface area contributed by atoms with Crippen molar-refractivity contribution in [1.29, 1.82) is 0 Å². The molecule has 0 unspecified atom stereocenters. The highest BCUT2D eigenvalue weighted by molar-refractivity contribution is 7.89. The van der Waals surface area contributed by atoms with Crippen LogP contribution in [0.25, 0.3) is 0 Å². The van der Waals surface area contributed by atoms with Crippen LogP contribution in [0.15, 0.2) is 29.2 Å². The molecule has 0 radical (unpaired) electrons. The van der Waals surface area contributed by atoms with E-state index in [1.54, 1.807) is 12.1 Å². The molecule has 100 valence electrons. The Balaban J connectivity index is 2.14. The molecule has 1 fully saturated rings. The summed E-state index contributed by atoms with van der Waals surface area (Å²) in [7, 11) is -3.38. The molecule has 0 aliphatic heterocycles. The summed E-state index contributed by atoms with van der Waals surface area (Å²) in [5, 5.41) is 0. The van der Waals surface area contributed by atoms with Crippen LogP contribution in [0.2, 0.25) is 0 Å². The van der Waals surface area contributed by atoms with Crippen molar-refractivity contribution in [3.63, 3.8) is 0 Å². The highest BCUT2D eigenvalue weighted by Gasteiger charge is 2.26. The van der Waals surface area contributed by atoms with Gasteiger partial charge in [-0.1, -0.05) is 31.0 Å². The number of benzene rings is 1. The lowest BCUT2D eigenvalue weighted by molar-refractivity contribution is 0.424. The minimum atomic E-state index is -3.38. The van der Waals surface area contributed by atoms with Gasteiger partial charge in [-0.25, -0.2) is 13.1 Å². The van der Waals surface area contributed by atoms with Crippen LogP contribution in [0, 0.1) is 12.8 Å². The Morgan fingerprint density at radius 2 is 1.83 bits per heavy atom. The van der Waals surface area contributed by atoms with E-state index in [0.29, 0.717) is 10.8 Å². The maximum atomic E-state index is 12.3. The average molecular weight is 267 g/mol. The van der Waals surface area contributed by atoms with E-state index in [1.807, 2.05) is 26.0 Å². The maximum Gasteiger partial charge on any atom is 0.241 e. The molecule has 1 aromatic carbocycles. The van der Waals surface area contributed by atoms with Crippen LogP contribution < -0.4 is 4.72 Å². The third kappa shape index (κ3) is 2.93. The summed E-state index contributed by atoms with van der Waals surface area (Å²) < 4.78 is 27.4. The molecule has 4 heteroatoms. The predicted molar refractivity (Wildman–Crippen MR) is 72.9 cm³/mol. The first kappa shape index (κ1) is 13.6. The maximum absolute atomic E-state index is 12.3. The lowest BCUT2D eigenvalue weighted by atomic mass is 10.0. The second-order valence-electron chi connectivity index (χ2n) is 5.22. The van der Waals surface area contributed by atoms with E-state index in [1.165, 1.54) is 12.8 Å². The molecule has 1 aliphatic rings. The van der Waals surface area contributed by atoms with Gasteiger partial charge in [-0.2, -0.15) is 0 Å². The molecule has 0 amide bonds. The Labute approximate surface area is 110 Å².